The van der Waals surface area contributed by atoms with E-state index in [2.05, 4.69) is 10.3 Å². The van der Waals surface area contributed by atoms with Gasteiger partial charge in [0.1, 0.15) is 12.0 Å². The topological polar surface area (TPSA) is 151 Å². The monoisotopic (exact) mass is 383 g/mol. The van der Waals surface area contributed by atoms with E-state index in [0.29, 0.717) is 5.56 Å². The fourth-order valence-corrected chi connectivity index (χ4v) is 2.78. The van der Waals surface area contributed by atoms with Crippen LogP contribution in [0, 0.1) is 0 Å². The third kappa shape index (κ3) is 5.87. The Morgan fingerprint density at radius 1 is 1.27 bits per heavy atom. The van der Waals surface area contributed by atoms with E-state index in [1.54, 1.807) is 30.3 Å². The highest BCUT2D eigenvalue weighted by atomic mass is 31.2. The van der Waals surface area contributed by atoms with Crippen LogP contribution in [0.2, 0.25) is 0 Å². The third-order valence-corrected chi connectivity index (χ3v) is 4.00. The van der Waals surface area contributed by atoms with Crippen LogP contribution in [0.1, 0.15) is 16.6 Å². The van der Waals surface area contributed by atoms with Gasteiger partial charge in [0.15, 0.2) is 0 Å². The molecule has 0 spiro atoms. The first-order chi connectivity index (χ1) is 12.3. The van der Waals surface area contributed by atoms with Crippen LogP contribution in [0.3, 0.4) is 0 Å². The average molecular weight is 383 g/mol. The van der Waals surface area contributed by atoms with Gasteiger partial charge in [0.2, 0.25) is 0 Å². The molecule has 26 heavy (non-hydrogen) atoms. The van der Waals surface area contributed by atoms with Gasteiger partial charge in [-0.05, 0) is 18.2 Å². The van der Waals surface area contributed by atoms with Crippen molar-refractivity contribution in [2.75, 3.05) is 24.7 Å². The lowest BCUT2D eigenvalue weighted by Gasteiger charge is -2.20. The quantitative estimate of drug-likeness (QED) is 0.471. The number of carbonyl (C=O) groups excluding carboxylic acids is 1. The zero-order valence-electron chi connectivity index (χ0n) is 13.6. The highest BCUT2D eigenvalue weighted by Crippen LogP contribution is 2.38. The number of aliphatic hydroxyl groups excluding tert-OH is 1. The van der Waals surface area contributed by atoms with Crippen molar-refractivity contribution < 1.29 is 29.0 Å². The molecular weight excluding hydrogens is 365 g/mol. The Labute approximate surface area is 148 Å². The van der Waals surface area contributed by atoms with Crippen molar-refractivity contribution in [3.05, 3.63) is 58.6 Å². The van der Waals surface area contributed by atoms with Gasteiger partial charge in [-0.3, -0.25) is 13.9 Å². The van der Waals surface area contributed by atoms with Gasteiger partial charge in [0, 0.05) is 11.8 Å². The van der Waals surface area contributed by atoms with Crippen LogP contribution in [-0.2, 0) is 9.30 Å². The SMILES string of the molecule is O=C(Nc1ccn([C@@H](CP(=O)(O)O)OCCO)c(=O)n1)c1ccccc1. The van der Waals surface area contributed by atoms with Crippen molar-refractivity contribution in [3.63, 3.8) is 0 Å². The maximum Gasteiger partial charge on any atom is 0.351 e. The van der Waals surface area contributed by atoms with Crippen molar-refractivity contribution in [2.24, 2.45) is 0 Å². The molecule has 2 aromatic rings. The lowest BCUT2D eigenvalue weighted by Crippen LogP contribution is -2.31. The molecule has 0 saturated carbocycles. The molecule has 0 saturated heterocycles. The number of hydrogen-bond acceptors (Lipinski definition) is 6. The Balaban J connectivity index is 2.20. The number of anilines is 1. The predicted molar refractivity (Wildman–Crippen MR) is 91.9 cm³/mol. The first kappa shape index (κ1) is 20.0. The Morgan fingerprint density at radius 2 is 1.96 bits per heavy atom. The summed E-state index contributed by atoms with van der Waals surface area (Å²) in [4.78, 5) is 46.1. The molecule has 4 N–H and O–H groups in total. The van der Waals surface area contributed by atoms with Crippen molar-refractivity contribution in [1.29, 1.82) is 0 Å². The van der Waals surface area contributed by atoms with Crippen molar-refractivity contribution in [3.8, 4) is 0 Å². The maximum atomic E-state index is 12.2. The van der Waals surface area contributed by atoms with E-state index in [9.17, 15) is 14.2 Å². The predicted octanol–water partition coefficient (Wildman–Crippen LogP) is 0.181. The molecule has 1 atom stereocenters. The molecule has 1 aromatic carbocycles. The number of nitrogens with zero attached hydrogens (tertiary/aromatic N) is 2. The normalized spacial score (nSPS) is 12.6. The standard InChI is InChI=1S/C15H18N3O7P/c19-8-9-25-13(10-26(22,23)24)18-7-6-12(17-15(18)21)16-14(20)11-4-2-1-3-5-11/h1-7,13,19H,8-10H2,(H2,22,23,24)(H,16,17,20,21)/t13-/m1/s1. The highest BCUT2D eigenvalue weighted by molar-refractivity contribution is 7.51. The molecule has 0 fully saturated rings. The van der Waals surface area contributed by atoms with E-state index in [1.165, 1.54) is 12.3 Å². The highest BCUT2D eigenvalue weighted by Gasteiger charge is 2.25. The van der Waals surface area contributed by atoms with E-state index < -0.39 is 31.6 Å². The summed E-state index contributed by atoms with van der Waals surface area (Å²) in [6.45, 7) is -0.603. The van der Waals surface area contributed by atoms with E-state index in [0.717, 1.165) is 4.57 Å². The van der Waals surface area contributed by atoms with Crippen LogP contribution in [0.4, 0.5) is 5.82 Å². The van der Waals surface area contributed by atoms with E-state index in [1.807, 2.05) is 0 Å². The summed E-state index contributed by atoms with van der Waals surface area (Å²) in [5, 5.41) is 11.3. The second kappa shape index (κ2) is 8.84. The largest absolute Gasteiger partial charge is 0.394 e. The van der Waals surface area contributed by atoms with Gasteiger partial charge < -0.3 is 24.9 Å². The van der Waals surface area contributed by atoms with E-state index in [-0.39, 0.29) is 19.0 Å². The van der Waals surface area contributed by atoms with Gasteiger partial charge in [-0.1, -0.05) is 18.2 Å². The lowest BCUT2D eigenvalue weighted by molar-refractivity contribution is -0.00590. The van der Waals surface area contributed by atoms with Crippen molar-refractivity contribution in [1.82, 2.24) is 9.55 Å². The zero-order chi connectivity index (χ0) is 19.2. The molecule has 1 heterocycles. The number of nitrogens with one attached hydrogen (secondary N) is 1. The van der Waals surface area contributed by atoms with Crippen LogP contribution >= 0.6 is 7.60 Å². The summed E-state index contributed by atoms with van der Waals surface area (Å²) >= 11 is 0. The van der Waals surface area contributed by atoms with Crippen LogP contribution in [0.25, 0.3) is 0 Å². The van der Waals surface area contributed by atoms with Gasteiger partial charge >= 0.3 is 13.3 Å². The lowest BCUT2D eigenvalue weighted by atomic mass is 10.2. The number of amides is 1. The van der Waals surface area contributed by atoms with Gasteiger partial charge in [0.05, 0.1) is 19.4 Å². The molecular formula is C15H18N3O7P. The minimum atomic E-state index is -4.49. The molecule has 0 aliphatic carbocycles. The van der Waals surface area contributed by atoms with Gasteiger partial charge in [-0.15, -0.1) is 0 Å². The van der Waals surface area contributed by atoms with Crippen LogP contribution in [0.5, 0.6) is 0 Å². The second-order valence-corrected chi connectivity index (χ2v) is 6.91. The molecule has 0 radical (unpaired) electrons. The molecule has 140 valence electrons. The van der Waals surface area contributed by atoms with Crippen LogP contribution < -0.4 is 11.0 Å². The molecule has 1 amide bonds. The van der Waals surface area contributed by atoms with Crippen LogP contribution in [-0.4, -0.2) is 49.7 Å². The van der Waals surface area contributed by atoms with Gasteiger partial charge in [-0.2, -0.15) is 4.98 Å². The Bertz CT molecular complexity index is 850. The number of hydrogen-bond donors (Lipinski definition) is 4. The number of carbonyl (C=O) groups is 1. The Kier molecular flexibility index (Phi) is 6.78. The summed E-state index contributed by atoms with van der Waals surface area (Å²) in [5.41, 5.74) is -0.489. The number of benzene rings is 1. The number of ether oxygens (including phenoxy) is 1. The number of rotatable bonds is 8. The maximum absolute atomic E-state index is 12.2. The fourth-order valence-electron chi connectivity index (χ4n) is 2.09. The van der Waals surface area contributed by atoms with Crippen molar-refractivity contribution in [2.45, 2.75) is 6.23 Å². The second-order valence-electron chi connectivity index (χ2n) is 5.22. The molecule has 0 unspecified atom stereocenters. The van der Waals surface area contributed by atoms with Crippen molar-refractivity contribution >= 4 is 19.3 Å². The molecule has 0 aliphatic rings. The van der Waals surface area contributed by atoms with Gasteiger partial charge in [0.25, 0.3) is 5.91 Å². The molecule has 1 aromatic heterocycles. The number of aliphatic hydroxyl groups is 1. The Hall–Kier alpha value is -2.36. The third-order valence-electron chi connectivity index (χ3n) is 3.21. The summed E-state index contributed by atoms with van der Waals surface area (Å²) in [5.74, 6) is -0.476. The minimum absolute atomic E-state index is 0.0165. The molecule has 11 heteroatoms. The first-order valence-corrected chi connectivity index (χ1v) is 9.32. The fraction of sp³-hybridized carbons (Fsp3) is 0.267. The summed E-state index contributed by atoms with van der Waals surface area (Å²) in [6.07, 6.45) is -0.861. The molecule has 10 nitrogen and oxygen atoms in total. The first-order valence-electron chi connectivity index (χ1n) is 7.53. The Morgan fingerprint density at radius 3 is 2.54 bits per heavy atom. The molecule has 0 bridgehead atoms. The van der Waals surface area contributed by atoms with Gasteiger partial charge in [-0.25, -0.2) is 4.79 Å². The summed E-state index contributed by atoms with van der Waals surface area (Å²) in [7, 11) is -4.49. The zero-order valence-corrected chi connectivity index (χ0v) is 14.5. The summed E-state index contributed by atoms with van der Waals surface area (Å²) in [6, 6.07) is 9.61. The van der Waals surface area contributed by atoms with Crippen LogP contribution in [0.15, 0.2) is 47.4 Å². The smallest absolute Gasteiger partial charge is 0.351 e. The average Bonchev–Trinajstić information content (AvgIpc) is 2.58. The summed E-state index contributed by atoms with van der Waals surface area (Å²) < 4.78 is 17.2. The number of aromatic nitrogens is 2. The van der Waals surface area contributed by atoms with E-state index >= 15 is 0 Å². The minimum Gasteiger partial charge on any atom is -0.394 e. The molecule has 2 rings (SSSR count). The molecule has 0 aliphatic heterocycles. The van der Waals surface area contributed by atoms with E-state index in [4.69, 9.17) is 19.6 Å².